The summed E-state index contributed by atoms with van der Waals surface area (Å²) in [6, 6.07) is 4.37. The van der Waals surface area contributed by atoms with E-state index in [9.17, 15) is 9.90 Å². The van der Waals surface area contributed by atoms with E-state index in [0.29, 0.717) is 24.5 Å². The molecule has 1 fully saturated rings. The van der Waals surface area contributed by atoms with E-state index in [1.807, 2.05) is 6.92 Å². The molecule has 0 saturated carbocycles. The molecule has 0 bridgehead atoms. The maximum atomic E-state index is 12.1. The topological polar surface area (TPSA) is 84.6 Å². The summed E-state index contributed by atoms with van der Waals surface area (Å²) in [5.41, 5.74) is 6.14. The van der Waals surface area contributed by atoms with Gasteiger partial charge in [0.25, 0.3) is 5.91 Å². The minimum absolute atomic E-state index is 0.0338. The number of carbonyl (C=O) groups excluding carboxylic acids is 1. The van der Waals surface area contributed by atoms with Gasteiger partial charge in [0, 0.05) is 24.4 Å². The second-order valence-electron chi connectivity index (χ2n) is 4.90. The number of hydrogen-bond donors (Lipinski definition) is 3. The maximum Gasteiger partial charge on any atom is 0.253 e. The predicted octanol–water partition coefficient (Wildman–Crippen LogP) is 1.27. The van der Waals surface area contributed by atoms with Gasteiger partial charge in [-0.3, -0.25) is 4.79 Å². The summed E-state index contributed by atoms with van der Waals surface area (Å²) in [5, 5.41) is 12.4. The Kier molecular flexibility index (Phi) is 3.43. The Morgan fingerprint density at radius 2 is 2.11 bits per heavy atom. The molecule has 1 aliphatic rings. The van der Waals surface area contributed by atoms with Crippen molar-refractivity contribution < 1.29 is 14.6 Å². The number of carbonyl (C=O) groups is 1. The molecule has 1 aliphatic heterocycles. The average Bonchev–Trinajstić information content (AvgIpc) is 2.32. The second kappa shape index (κ2) is 4.86. The van der Waals surface area contributed by atoms with E-state index in [-0.39, 0.29) is 17.2 Å². The fourth-order valence-electron chi connectivity index (χ4n) is 2.03. The largest absolute Gasteiger partial charge is 0.508 e. The Hall–Kier alpha value is -1.75. The first-order valence-corrected chi connectivity index (χ1v) is 5.99. The highest BCUT2D eigenvalue weighted by Gasteiger charge is 2.29. The molecule has 98 valence electrons. The number of hydrogen-bond acceptors (Lipinski definition) is 4. The molecule has 1 saturated heterocycles. The van der Waals surface area contributed by atoms with E-state index in [2.05, 4.69) is 5.32 Å². The number of nitrogens with one attached hydrogen (secondary N) is 1. The second-order valence-corrected chi connectivity index (χ2v) is 4.90. The zero-order valence-electron chi connectivity index (χ0n) is 10.4. The van der Waals surface area contributed by atoms with Gasteiger partial charge in [-0.1, -0.05) is 0 Å². The molecule has 4 N–H and O–H groups in total. The number of nitrogen functional groups attached to an aromatic ring is 1. The van der Waals surface area contributed by atoms with Crippen LogP contribution in [0.3, 0.4) is 0 Å². The summed E-state index contributed by atoms with van der Waals surface area (Å²) in [5.74, 6) is -0.223. The van der Waals surface area contributed by atoms with Crippen LogP contribution in [0, 0.1) is 0 Å². The molecular formula is C13H18N2O3. The highest BCUT2D eigenvalue weighted by molar-refractivity contribution is 5.99. The lowest BCUT2D eigenvalue weighted by Gasteiger charge is -2.34. The van der Waals surface area contributed by atoms with Crippen molar-refractivity contribution in [1.82, 2.24) is 5.32 Å². The molecular weight excluding hydrogens is 232 g/mol. The minimum Gasteiger partial charge on any atom is -0.508 e. The molecule has 0 aromatic heterocycles. The van der Waals surface area contributed by atoms with Crippen molar-refractivity contribution >= 4 is 11.6 Å². The van der Waals surface area contributed by atoms with Crippen LogP contribution in [-0.4, -0.2) is 29.8 Å². The van der Waals surface area contributed by atoms with Crippen LogP contribution < -0.4 is 11.1 Å². The van der Waals surface area contributed by atoms with Crippen LogP contribution >= 0.6 is 0 Å². The van der Waals surface area contributed by atoms with Gasteiger partial charge >= 0.3 is 0 Å². The van der Waals surface area contributed by atoms with E-state index in [1.54, 1.807) is 0 Å². The zero-order valence-corrected chi connectivity index (χ0v) is 10.4. The summed E-state index contributed by atoms with van der Waals surface area (Å²) in [6.45, 7) is 3.28. The van der Waals surface area contributed by atoms with Gasteiger partial charge in [0.2, 0.25) is 0 Å². The van der Waals surface area contributed by atoms with Crippen LogP contribution in [0.15, 0.2) is 18.2 Å². The lowest BCUT2D eigenvalue weighted by Crippen LogP contribution is -2.49. The number of phenols is 1. The van der Waals surface area contributed by atoms with Crippen molar-refractivity contribution in [2.24, 2.45) is 0 Å². The van der Waals surface area contributed by atoms with Crippen LogP contribution in [0.1, 0.15) is 30.1 Å². The van der Waals surface area contributed by atoms with Gasteiger partial charge in [0.1, 0.15) is 5.75 Å². The number of aromatic hydroxyl groups is 1. The van der Waals surface area contributed by atoms with Gasteiger partial charge in [-0.15, -0.1) is 0 Å². The third-order valence-corrected chi connectivity index (χ3v) is 3.29. The lowest BCUT2D eigenvalue weighted by molar-refractivity contribution is 0.0423. The summed E-state index contributed by atoms with van der Waals surface area (Å²) < 4.78 is 5.28. The molecule has 0 spiro atoms. The molecule has 5 heteroatoms. The molecule has 0 aliphatic carbocycles. The van der Waals surface area contributed by atoms with Gasteiger partial charge in [-0.2, -0.15) is 0 Å². The number of anilines is 1. The molecule has 18 heavy (non-hydrogen) atoms. The number of nitrogens with two attached hydrogens (primary N) is 1. The van der Waals surface area contributed by atoms with E-state index in [4.69, 9.17) is 10.5 Å². The molecule has 0 radical (unpaired) electrons. The Bertz CT molecular complexity index is 454. The first kappa shape index (κ1) is 12.7. The number of rotatable bonds is 2. The quantitative estimate of drug-likeness (QED) is 0.545. The van der Waals surface area contributed by atoms with Gasteiger partial charge in [-0.25, -0.2) is 0 Å². The lowest BCUT2D eigenvalue weighted by atomic mass is 9.92. The number of phenolic OH excluding ortho intramolecular Hbond substituents is 1. The minimum atomic E-state index is -0.271. The molecule has 1 aromatic rings. The third kappa shape index (κ3) is 2.73. The number of ether oxygens (including phenoxy) is 1. The molecule has 5 nitrogen and oxygen atoms in total. The van der Waals surface area contributed by atoms with Crippen molar-refractivity contribution in [3.05, 3.63) is 23.8 Å². The van der Waals surface area contributed by atoms with Crippen LogP contribution in [0.4, 0.5) is 5.69 Å². The summed E-state index contributed by atoms with van der Waals surface area (Å²) in [7, 11) is 0. The van der Waals surface area contributed by atoms with Crippen molar-refractivity contribution in [3.63, 3.8) is 0 Å². The van der Waals surface area contributed by atoms with E-state index >= 15 is 0 Å². The highest BCUT2D eigenvalue weighted by atomic mass is 16.5. The maximum absolute atomic E-state index is 12.1. The monoisotopic (exact) mass is 250 g/mol. The van der Waals surface area contributed by atoms with Gasteiger partial charge in [0.15, 0.2) is 0 Å². The Morgan fingerprint density at radius 1 is 1.44 bits per heavy atom. The van der Waals surface area contributed by atoms with E-state index in [0.717, 1.165) is 12.8 Å². The van der Waals surface area contributed by atoms with Crippen molar-refractivity contribution in [3.8, 4) is 5.75 Å². The van der Waals surface area contributed by atoms with Crippen LogP contribution in [-0.2, 0) is 4.74 Å². The molecule has 1 amide bonds. The summed E-state index contributed by atoms with van der Waals surface area (Å²) in [6.07, 6.45) is 1.55. The van der Waals surface area contributed by atoms with Gasteiger partial charge < -0.3 is 20.9 Å². The van der Waals surface area contributed by atoms with Gasteiger partial charge in [0.05, 0.1) is 5.56 Å². The Balaban J connectivity index is 2.14. The molecule has 1 heterocycles. The first-order chi connectivity index (χ1) is 8.50. The molecule has 0 unspecified atom stereocenters. The molecule has 1 aromatic carbocycles. The third-order valence-electron chi connectivity index (χ3n) is 3.29. The number of benzene rings is 1. The smallest absolute Gasteiger partial charge is 0.253 e. The molecule has 2 rings (SSSR count). The number of amides is 1. The summed E-state index contributed by atoms with van der Waals surface area (Å²) >= 11 is 0. The van der Waals surface area contributed by atoms with E-state index < -0.39 is 0 Å². The SMILES string of the molecule is CC1(NC(=O)c2cc(O)ccc2N)CCOCC1. The van der Waals surface area contributed by atoms with Crippen LogP contribution in [0.5, 0.6) is 5.75 Å². The van der Waals surface area contributed by atoms with Crippen LogP contribution in [0.25, 0.3) is 0 Å². The highest BCUT2D eigenvalue weighted by Crippen LogP contribution is 2.23. The zero-order chi connectivity index (χ0) is 13.2. The first-order valence-electron chi connectivity index (χ1n) is 5.99. The predicted molar refractivity (Wildman–Crippen MR) is 68.4 cm³/mol. The fraction of sp³-hybridized carbons (Fsp3) is 0.462. The normalized spacial score (nSPS) is 18.3. The van der Waals surface area contributed by atoms with E-state index in [1.165, 1.54) is 18.2 Å². The fourth-order valence-corrected chi connectivity index (χ4v) is 2.03. The van der Waals surface area contributed by atoms with Crippen LogP contribution in [0.2, 0.25) is 0 Å². The Labute approximate surface area is 106 Å². The van der Waals surface area contributed by atoms with Crippen molar-refractivity contribution in [2.45, 2.75) is 25.3 Å². The van der Waals surface area contributed by atoms with Crippen molar-refractivity contribution in [2.75, 3.05) is 18.9 Å². The van der Waals surface area contributed by atoms with Gasteiger partial charge in [-0.05, 0) is 38.0 Å². The standard InChI is InChI=1S/C13H18N2O3/c1-13(4-6-18-7-5-13)15-12(17)10-8-9(16)2-3-11(10)14/h2-3,8,16H,4-7,14H2,1H3,(H,15,17). The Morgan fingerprint density at radius 3 is 2.78 bits per heavy atom. The average molecular weight is 250 g/mol. The molecule has 0 atom stereocenters. The van der Waals surface area contributed by atoms with Crippen molar-refractivity contribution in [1.29, 1.82) is 0 Å². The summed E-state index contributed by atoms with van der Waals surface area (Å²) in [4.78, 5) is 12.1.